The van der Waals surface area contributed by atoms with Gasteiger partial charge in [-0.2, -0.15) is 0 Å². The molecule has 0 radical (unpaired) electrons. The van der Waals surface area contributed by atoms with Gasteiger partial charge in [-0.1, -0.05) is 19.8 Å². The topological polar surface area (TPSA) is 46.2 Å². The fraction of sp³-hybridized carbons (Fsp3) is 1.00. The molecule has 0 aromatic carbocycles. The molecule has 0 saturated heterocycles. The highest BCUT2D eigenvalue weighted by Crippen LogP contribution is 2.24. The lowest BCUT2D eigenvalue weighted by atomic mass is 10.1. The molecule has 1 fully saturated rings. The van der Waals surface area contributed by atoms with Crippen LogP contribution in [0, 0.1) is 5.92 Å². The Morgan fingerprint density at radius 2 is 1.87 bits per heavy atom. The predicted molar refractivity (Wildman–Crippen MR) is 63.7 cm³/mol. The standard InChI is InChI=1S/C10H20ClNO2S/c1-8(7-11)9(2)12-15(13,14)10-5-3-4-6-10/h8-10,12H,3-7H2,1-2H3. The molecule has 2 unspecified atom stereocenters. The Labute approximate surface area is 97.6 Å². The molecule has 1 aliphatic rings. The van der Waals surface area contributed by atoms with Gasteiger partial charge in [0.05, 0.1) is 5.25 Å². The van der Waals surface area contributed by atoms with E-state index in [0.29, 0.717) is 5.88 Å². The first-order valence-electron chi connectivity index (χ1n) is 5.54. The third-order valence-electron chi connectivity index (χ3n) is 3.19. The smallest absolute Gasteiger partial charge is 0.212 e. The van der Waals surface area contributed by atoms with Gasteiger partial charge >= 0.3 is 0 Å². The van der Waals surface area contributed by atoms with Crippen LogP contribution in [0.4, 0.5) is 0 Å². The lowest BCUT2D eigenvalue weighted by Crippen LogP contribution is -2.42. The number of alkyl halides is 1. The third kappa shape index (κ3) is 3.61. The monoisotopic (exact) mass is 253 g/mol. The van der Waals surface area contributed by atoms with Crippen LogP contribution >= 0.6 is 11.6 Å². The van der Waals surface area contributed by atoms with Crippen molar-refractivity contribution in [1.82, 2.24) is 4.72 Å². The van der Waals surface area contributed by atoms with Crippen LogP contribution in [0.1, 0.15) is 39.5 Å². The van der Waals surface area contributed by atoms with E-state index in [-0.39, 0.29) is 17.2 Å². The maximum Gasteiger partial charge on any atom is 0.214 e. The number of hydrogen-bond donors (Lipinski definition) is 1. The van der Waals surface area contributed by atoms with E-state index in [0.717, 1.165) is 25.7 Å². The Morgan fingerprint density at radius 1 is 1.33 bits per heavy atom. The summed E-state index contributed by atoms with van der Waals surface area (Å²) in [5, 5.41) is -0.178. The van der Waals surface area contributed by atoms with Gasteiger partial charge in [-0.05, 0) is 25.7 Å². The molecule has 0 aliphatic heterocycles. The Kier molecular flexibility index (Phi) is 4.87. The zero-order valence-electron chi connectivity index (χ0n) is 9.37. The summed E-state index contributed by atoms with van der Waals surface area (Å²) in [5.41, 5.74) is 0. The van der Waals surface area contributed by atoms with Crippen molar-refractivity contribution in [2.45, 2.75) is 50.8 Å². The van der Waals surface area contributed by atoms with Gasteiger partial charge in [-0.15, -0.1) is 11.6 Å². The van der Waals surface area contributed by atoms with Gasteiger partial charge in [-0.3, -0.25) is 0 Å². The van der Waals surface area contributed by atoms with Crippen LogP contribution in [0.15, 0.2) is 0 Å². The van der Waals surface area contributed by atoms with Crippen molar-refractivity contribution in [2.75, 3.05) is 5.88 Å². The van der Waals surface area contributed by atoms with Crippen LogP contribution in [0.25, 0.3) is 0 Å². The van der Waals surface area contributed by atoms with Crippen LogP contribution in [0.3, 0.4) is 0 Å². The van der Waals surface area contributed by atoms with Crippen LogP contribution in [-0.4, -0.2) is 25.6 Å². The van der Waals surface area contributed by atoms with Gasteiger partial charge in [0.2, 0.25) is 10.0 Å². The van der Waals surface area contributed by atoms with Gasteiger partial charge in [0.1, 0.15) is 0 Å². The molecule has 1 saturated carbocycles. The molecule has 0 spiro atoms. The molecule has 0 aromatic heterocycles. The van der Waals surface area contributed by atoms with Crippen LogP contribution in [0.5, 0.6) is 0 Å². The third-order valence-corrected chi connectivity index (χ3v) is 5.72. The van der Waals surface area contributed by atoms with Crippen LogP contribution in [-0.2, 0) is 10.0 Å². The molecule has 2 atom stereocenters. The Morgan fingerprint density at radius 3 is 2.33 bits per heavy atom. The molecule has 0 bridgehead atoms. The average Bonchev–Trinajstić information content (AvgIpc) is 2.69. The first-order chi connectivity index (χ1) is 6.97. The minimum atomic E-state index is -3.12. The van der Waals surface area contributed by atoms with Gasteiger partial charge in [-0.25, -0.2) is 13.1 Å². The summed E-state index contributed by atoms with van der Waals surface area (Å²) in [4.78, 5) is 0. The van der Waals surface area contributed by atoms with Crippen molar-refractivity contribution in [3.63, 3.8) is 0 Å². The molecule has 90 valence electrons. The average molecular weight is 254 g/mol. The number of sulfonamides is 1. The predicted octanol–water partition coefficient (Wildman–Crippen LogP) is 2.11. The second-order valence-corrected chi connectivity index (χ2v) is 6.79. The van der Waals surface area contributed by atoms with E-state index >= 15 is 0 Å². The van der Waals surface area contributed by atoms with Gasteiger partial charge in [0.25, 0.3) is 0 Å². The molecular formula is C10H20ClNO2S. The normalized spacial score (nSPS) is 22.9. The molecular weight excluding hydrogens is 234 g/mol. The van der Waals surface area contributed by atoms with Crippen molar-refractivity contribution < 1.29 is 8.42 Å². The van der Waals surface area contributed by atoms with Crippen molar-refractivity contribution in [2.24, 2.45) is 5.92 Å². The minimum absolute atomic E-state index is 0.0758. The fourth-order valence-corrected chi connectivity index (χ4v) is 3.97. The van der Waals surface area contributed by atoms with Gasteiger partial charge in [0, 0.05) is 11.9 Å². The molecule has 15 heavy (non-hydrogen) atoms. The maximum atomic E-state index is 11.9. The molecule has 0 amide bonds. The number of halogens is 1. The largest absolute Gasteiger partial charge is 0.214 e. The molecule has 1 rings (SSSR count). The van der Waals surface area contributed by atoms with Crippen molar-refractivity contribution in [3.8, 4) is 0 Å². The second kappa shape index (κ2) is 5.51. The van der Waals surface area contributed by atoms with E-state index in [1.165, 1.54) is 0 Å². The number of rotatable bonds is 5. The first-order valence-corrected chi connectivity index (χ1v) is 7.62. The van der Waals surface area contributed by atoms with E-state index < -0.39 is 10.0 Å². The van der Waals surface area contributed by atoms with Crippen molar-refractivity contribution >= 4 is 21.6 Å². The van der Waals surface area contributed by atoms with Crippen molar-refractivity contribution in [1.29, 1.82) is 0 Å². The second-order valence-electron chi connectivity index (χ2n) is 4.49. The maximum absolute atomic E-state index is 11.9. The highest BCUT2D eigenvalue weighted by Gasteiger charge is 2.30. The lowest BCUT2D eigenvalue weighted by Gasteiger charge is -2.21. The van der Waals surface area contributed by atoms with E-state index in [2.05, 4.69) is 4.72 Å². The van der Waals surface area contributed by atoms with E-state index in [1.807, 2.05) is 13.8 Å². The minimum Gasteiger partial charge on any atom is -0.212 e. The summed E-state index contributed by atoms with van der Waals surface area (Å²) in [6, 6.07) is -0.0758. The molecule has 0 aromatic rings. The lowest BCUT2D eigenvalue weighted by molar-refractivity contribution is 0.475. The SMILES string of the molecule is CC(CCl)C(C)NS(=O)(=O)C1CCCC1. The number of nitrogens with one attached hydrogen (secondary N) is 1. The Bertz CT molecular complexity index is 286. The Balaban J connectivity index is 2.55. The van der Waals surface area contributed by atoms with E-state index in [9.17, 15) is 8.42 Å². The fourth-order valence-electron chi connectivity index (χ4n) is 1.80. The number of hydrogen-bond acceptors (Lipinski definition) is 2. The molecule has 1 aliphatic carbocycles. The highest BCUT2D eigenvalue weighted by molar-refractivity contribution is 7.90. The molecule has 3 nitrogen and oxygen atoms in total. The Hall–Kier alpha value is 0.200. The van der Waals surface area contributed by atoms with Crippen LogP contribution in [0.2, 0.25) is 0 Å². The molecule has 0 heterocycles. The summed E-state index contributed by atoms with van der Waals surface area (Å²) in [6.45, 7) is 3.83. The van der Waals surface area contributed by atoms with Crippen LogP contribution < -0.4 is 4.72 Å². The quantitative estimate of drug-likeness (QED) is 0.763. The van der Waals surface area contributed by atoms with Gasteiger partial charge < -0.3 is 0 Å². The summed E-state index contributed by atoms with van der Waals surface area (Å²) >= 11 is 5.70. The first kappa shape index (κ1) is 13.3. The molecule has 1 N–H and O–H groups in total. The van der Waals surface area contributed by atoms with Gasteiger partial charge in [0.15, 0.2) is 0 Å². The molecule has 5 heteroatoms. The van der Waals surface area contributed by atoms with E-state index in [4.69, 9.17) is 11.6 Å². The zero-order valence-corrected chi connectivity index (χ0v) is 10.9. The summed E-state index contributed by atoms with van der Waals surface area (Å²) in [7, 11) is -3.12. The highest BCUT2D eigenvalue weighted by atomic mass is 35.5. The summed E-state index contributed by atoms with van der Waals surface area (Å²) in [6.07, 6.45) is 3.67. The zero-order chi connectivity index (χ0) is 11.5. The van der Waals surface area contributed by atoms with Crippen molar-refractivity contribution in [3.05, 3.63) is 0 Å². The van der Waals surface area contributed by atoms with E-state index in [1.54, 1.807) is 0 Å². The summed E-state index contributed by atoms with van der Waals surface area (Å²) in [5.74, 6) is 0.650. The summed E-state index contributed by atoms with van der Waals surface area (Å²) < 4.78 is 26.6.